The van der Waals surface area contributed by atoms with Crippen LogP contribution in [0.4, 0.5) is 5.69 Å². The first kappa shape index (κ1) is 12.6. The monoisotopic (exact) mass is 247 g/mol. The highest BCUT2D eigenvalue weighted by atomic mass is 16.5. The quantitative estimate of drug-likeness (QED) is 0.835. The van der Waals surface area contributed by atoms with Gasteiger partial charge in [-0.05, 0) is 38.0 Å². The molecular formula is C14H17NO3. The van der Waals surface area contributed by atoms with Crippen molar-refractivity contribution in [1.82, 2.24) is 0 Å². The van der Waals surface area contributed by atoms with Gasteiger partial charge in [-0.25, -0.2) is 0 Å². The fraction of sp³-hybridized carbons (Fsp3) is 0.429. The van der Waals surface area contributed by atoms with E-state index in [4.69, 9.17) is 4.74 Å². The largest absolute Gasteiger partial charge is 0.475 e. The van der Waals surface area contributed by atoms with Gasteiger partial charge in [0.15, 0.2) is 11.4 Å². The molecule has 4 heteroatoms. The number of benzene rings is 1. The number of carbonyl (C=O) groups is 2. The van der Waals surface area contributed by atoms with Gasteiger partial charge in [0.1, 0.15) is 5.75 Å². The van der Waals surface area contributed by atoms with Crippen molar-refractivity contribution in [1.29, 1.82) is 0 Å². The summed E-state index contributed by atoms with van der Waals surface area (Å²) in [7, 11) is 0. The molecule has 0 spiro atoms. The maximum Gasteiger partial charge on any atom is 0.268 e. The van der Waals surface area contributed by atoms with Crippen LogP contribution >= 0.6 is 0 Å². The lowest BCUT2D eigenvalue weighted by atomic mass is 9.94. The molecule has 1 aromatic rings. The van der Waals surface area contributed by atoms with Crippen LogP contribution in [0, 0.1) is 0 Å². The highest BCUT2D eigenvalue weighted by Gasteiger charge is 2.41. The molecule has 96 valence electrons. The number of ether oxygens (including phenoxy) is 1. The molecule has 0 unspecified atom stereocenters. The zero-order valence-corrected chi connectivity index (χ0v) is 10.9. The number of amides is 1. The molecule has 1 aliphatic rings. The van der Waals surface area contributed by atoms with Gasteiger partial charge in [-0.1, -0.05) is 13.8 Å². The molecule has 1 heterocycles. The number of hydrogen-bond donors (Lipinski definition) is 1. The number of nitrogens with one attached hydrogen (secondary N) is 1. The van der Waals surface area contributed by atoms with Gasteiger partial charge in [-0.2, -0.15) is 0 Å². The summed E-state index contributed by atoms with van der Waals surface area (Å²) in [4.78, 5) is 23.4. The lowest BCUT2D eigenvalue weighted by Crippen LogP contribution is -2.49. The van der Waals surface area contributed by atoms with Crippen LogP contribution in [0.15, 0.2) is 18.2 Å². The van der Waals surface area contributed by atoms with Crippen molar-refractivity contribution in [3.05, 3.63) is 23.8 Å². The van der Waals surface area contributed by atoms with Crippen LogP contribution in [0.5, 0.6) is 5.75 Å². The molecule has 0 fully saturated rings. The van der Waals surface area contributed by atoms with E-state index >= 15 is 0 Å². The normalized spacial score (nSPS) is 16.5. The van der Waals surface area contributed by atoms with E-state index in [0.29, 0.717) is 29.8 Å². The lowest BCUT2D eigenvalue weighted by Gasteiger charge is -2.36. The fourth-order valence-electron chi connectivity index (χ4n) is 2.14. The van der Waals surface area contributed by atoms with Gasteiger partial charge < -0.3 is 10.1 Å². The SMILES string of the molecule is CCC1(CC)Oc2ccc(C(C)=O)cc2NC1=O. The fourth-order valence-corrected chi connectivity index (χ4v) is 2.14. The summed E-state index contributed by atoms with van der Waals surface area (Å²) in [6.07, 6.45) is 1.23. The van der Waals surface area contributed by atoms with Crippen molar-refractivity contribution in [2.45, 2.75) is 39.2 Å². The van der Waals surface area contributed by atoms with E-state index in [1.54, 1.807) is 18.2 Å². The molecule has 1 aromatic carbocycles. The van der Waals surface area contributed by atoms with Gasteiger partial charge in [0.2, 0.25) is 0 Å². The van der Waals surface area contributed by atoms with Crippen LogP contribution in [-0.4, -0.2) is 17.3 Å². The molecule has 1 amide bonds. The van der Waals surface area contributed by atoms with Gasteiger partial charge in [0.05, 0.1) is 5.69 Å². The van der Waals surface area contributed by atoms with Crippen LogP contribution < -0.4 is 10.1 Å². The second-order valence-corrected chi connectivity index (χ2v) is 4.52. The van der Waals surface area contributed by atoms with Crippen molar-refractivity contribution in [2.24, 2.45) is 0 Å². The summed E-state index contributed by atoms with van der Waals surface area (Å²) < 4.78 is 5.84. The second-order valence-electron chi connectivity index (χ2n) is 4.52. The number of ketones is 1. The minimum absolute atomic E-state index is 0.0325. The van der Waals surface area contributed by atoms with Gasteiger partial charge in [-0.3, -0.25) is 9.59 Å². The number of fused-ring (bicyclic) bond motifs is 1. The molecule has 1 N–H and O–H groups in total. The maximum atomic E-state index is 12.1. The van der Waals surface area contributed by atoms with Crippen molar-refractivity contribution < 1.29 is 14.3 Å². The Kier molecular flexibility index (Phi) is 3.11. The summed E-state index contributed by atoms with van der Waals surface area (Å²) in [6.45, 7) is 5.35. The average molecular weight is 247 g/mol. The van der Waals surface area contributed by atoms with Gasteiger partial charge in [-0.15, -0.1) is 0 Å². The Morgan fingerprint density at radius 3 is 2.56 bits per heavy atom. The predicted octanol–water partition coefficient (Wildman–Crippen LogP) is 2.78. The van der Waals surface area contributed by atoms with Gasteiger partial charge in [0.25, 0.3) is 5.91 Å². The van der Waals surface area contributed by atoms with Crippen molar-refractivity contribution in [3.63, 3.8) is 0 Å². The van der Waals surface area contributed by atoms with Crippen molar-refractivity contribution >= 4 is 17.4 Å². The third kappa shape index (κ3) is 1.88. The highest BCUT2D eigenvalue weighted by Crippen LogP contribution is 2.37. The van der Waals surface area contributed by atoms with E-state index in [9.17, 15) is 9.59 Å². The minimum Gasteiger partial charge on any atom is -0.475 e. The van der Waals surface area contributed by atoms with Crippen LogP contribution in [-0.2, 0) is 4.79 Å². The molecule has 0 bridgehead atoms. The Morgan fingerprint density at radius 2 is 2.00 bits per heavy atom. The van der Waals surface area contributed by atoms with Gasteiger partial charge in [0, 0.05) is 5.56 Å². The van der Waals surface area contributed by atoms with E-state index in [0.717, 1.165) is 0 Å². The Morgan fingerprint density at radius 1 is 1.33 bits per heavy atom. The third-order valence-electron chi connectivity index (χ3n) is 3.50. The molecule has 0 atom stereocenters. The molecule has 2 rings (SSSR count). The summed E-state index contributed by atoms with van der Waals surface area (Å²) in [5, 5.41) is 2.83. The Balaban J connectivity index is 2.42. The molecule has 18 heavy (non-hydrogen) atoms. The number of carbonyl (C=O) groups excluding carboxylic acids is 2. The molecule has 0 radical (unpaired) electrons. The molecule has 1 aliphatic heterocycles. The van der Waals surface area contributed by atoms with E-state index in [-0.39, 0.29) is 11.7 Å². The topological polar surface area (TPSA) is 55.4 Å². The molecule has 0 aliphatic carbocycles. The maximum absolute atomic E-state index is 12.1. The number of Topliss-reactive ketones (excluding diaryl/α,β-unsaturated/α-hetero) is 1. The third-order valence-corrected chi connectivity index (χ3v) is 3.50. The predicted molar refractivity (Wildman–Crippen MR) is 69.0 cm³/mol. The molecular weight excluding hydrogens is 230 g/mol. The van der Waals surface area contributed by atoms with E-state index in [1.165, 1.54) is 6.92 Å². The number of anilines is 1. The van der Waals surface area contributed by atoms with E-state index < -0.39 is 5.60 Å². The average Bonchev–Trinajstić information content (AvgIpc) is 2.37. The van der Waals surface area contributed by atoms with Crippen molar-refractivity contribution in [2.75, 3.05) is 5.32 Å². The highest BCUT2D eigenvalue weighted by molar-refractivity contribution is 6.02. The second kappa shape index (κ2) is 4.44. The van der Waals surface area contributed by atoms with Crippen LogP contribution in [0.2, 0.25) is 0 Å². The zero-order chi connectivity index (χ0) is 13.3. The van der Waals surface area contributed by atoms with E-state index in [1.807, 2.05) is 13.8 Å². The first-order valence-electron chi connectivity index (χ1n) is 6.18. The number of hydrogen-bond acceptors (Lipinski definition) is 3. The van der Waals surface area contributed by atoms with Crippen LogP contribution in [0.3, 0.4) is 0 Å². The zero-order valence-electron chi connectivity index (χ0n) is 10.9. The lowest BCUT2D eigenvalue weighted by molar-refractivity contribution is -0.133. The standard InChI is InChI=1S/C14H17NO3/c1-4-14(5-2)13(17)15-11-8-10(9(3)16)6-7-12(11)18-14/h6-8H,4-5H2,1-3H3,(H,15,17). The summed E-state index contributed by atoms with van der Waals surface area (Å²) in [5.74, 6) is 0.457. The summed E-state index contributed by atoms with van der Waals surface area (Å²) in [5.41, 5.74) is 0.355. The molecule has 0 saturated heterocycles. The minimum atomic E-state index is -0.787. The summed E-state index contributed by atoms with van der Waals surface area (Å²) >= 11 is 0. The first-order chi connectivity index (χ1) is 8.52. The Bertz CT molecular complexity index is 504. The molecule has 4 nitrogen and oxygen atoms in total. The van der Waals surface area contributed by atoms with Crippen molar-refractivity contribution in [3.8, 4) is 5.75 Å². The van der Waals surface area contributed by atoms with Crippen LogP contribution in [0.25, 0.3) is 0 Å². The van der Waals surface area contributed by atoms with E-state index in [2.05, 4.69) is 5.32 Å². The summed E-state index contributed by atoms with van der Waals surface area (Å²) in [6, 6.07) is 5.12. The Hall–Kier alpha value is -1.84. The van der Waals surface area contributed by atoms with Gasteiger partial charge >= 0.3 is 0 Å². The molecule has 0 saturated carbocycles. The first-order valence-corrected chi connectivity index (χ1v) is 6.18. The Labute approximate surface area is 106 Å². The number of rotatable bonds is 3. The van der Waals surface area contributed by atoms with Crippen LogP contribution in [0.1, 0.15) is 44.0 Å². The molecule has 0 aromatic heterocycles. The smallest absolute Gasteiger partial charge is 0.268 e.